The predicted octanol–water partition coefficient (Wildman–Crippen LogP) is 1.95. The molecule has 0 radical (unpaired) electrons. The number of carbonyl (C=O) groups excluding carboxylic acids is 1. The molecule has 0 saturated heterocycles. The van der Waals surface area contributed by atoms with Gasteiger partial charge in [-0.1, -0.05) is 6.07 Å². The summed E-state index contributed by atoms with van der Waals surface area (Å²) in [5.74, 6) is -1.13. The molecule has 1 saturated carbocycles. The van der Waals surface area contributed by atoms with Crippen molar-refractivity contribution in [3.05, 3.63) is 29.3 Å². The first kappa shape index (κ1) is 14.4. The number of hydrogen-bond donors (Lipinski definition) is 3. The van der Waals surface area contributed by atoms with Crippen molar-refractivity contribution in [3.8, 4) is 0 Å². The molecule has 1 aromatic rings. The minimum atomic E-state index is -0.735. The second kappa shape index (κ2) is 5.94. The number of amides is 1. The van der Waals surface area contributed by atoms with Crippen LogP contribution in [0.1, 0.15) is 41.6 Å². The van der Waals surface area contributed by atoms with Crippen molar-refractivity contribution < 1.29 is 14.7 Å². The Morgan fingerprint density at radius 3 is 2.50 bits per heavy atom. The average Bonchev–Trinajstić information content (AvgIpc) is 2.42. The Kier molecular flexibility index (Phi) is 4.27. The predicted molar refractivity (Wildman–Crippen MR) is 76.4 cm³/mol. The van der Waals surface area contributed by atoms with E-state index < -0.39 is 5.97 Å². The summed E-state index contributed by atoms with van der Waals surface area (Å²) >= 11 is 0. The van der Waals surface area contributed by atoms with Gasteiger partial charge >= 0.3 is 5.97 Å². The van der Waals surface area contributed by atoms with Crippen molar-refractivity contribution >= 4 is 17.6 Å². The van der Waals surface area contributed by atoms with E-state index >= 15 is 0 Å². The largest absolute Gasteiger partial charge is 0.481 e. The molecule has 0 aliphatic heterocycles. The summed E-state index contributed by atoms with van der Waals surface area (Å²) in [7, 11) is 0. The van der Waals surface area contributed by atoms with Gasteiger partial charge < -0.3 is 16.2 Å². The van der Waals surface area contributed by atoms with Crippen molar-refractivity contribution in [2.45, 2.75) is 38.6 Å². The van der Waals surface area contributed by atoms with Gasteiger partial charge in [-0.05, 0) is 50.3 Å². The Hall–Kier alpha value is -2.04. The first-order valence-electron chi connectivity index (χ1n) is 6.87. The van der Waals surface area contributed by atoms with Gasteiger partial charge in [-0.2, -0.15) is 0 Å². The average molecular weight is 276 g/mol. The van der Waals surface area contributed by atoms with Gasteiger partial charge in [0.2, 0.25) is 0 Å². The topological polar surface area (TPSA) is 92.4 Å². The van der Waals surface area contributed by atoms with E-state index in [0.29, 0.717) is 36.9 Å². The molecule has 20 heavy (non-hydrogen) atoms. The van der Waals surface area contributed by atoms with Crippen LogP contribution in [0.15, 0.2) is 18.2 Å². The number of rotatable bonds is 3. The summed E-state index contributed by atoms with van der Waals surface area (Å²) in [5, 5.41) is 11.9. The van der Waals surface area contributed by atoms with Gasteiger partial charge in [-0.25, -0.2) is 0 Å². The molecule has 1 aromatic carbocycles. The van der Waals surface area contributed by atoms with Crippen LogP contribution in [0, 0.1) is 12.8 Å². The molecule has 4 N–H and O–H groups in total. The number of carboxylic acids is 1. The van der Waals surface area contributed by atoms with E-state index in [4.69, 9.17) is 10.8 Å². The van der Waals surface area contributed by atoms with Gasteiger partial charge in [0.1, 0.15) is 0 Å². The highest BCUT2D eigenvalue weighted by Gasteiger charge is 2.27. The molecular weight excluding hydrogens is 256 g/mol. The van der Waals surface area contributed by atoms with Crippen LogP contribution in [0.25, 0.3) is 0 Å². The van der Waals surface area contributed by atoms with Crippen LogP contribution in [0.3, 0.4) is 0 Å². The van der Waals surface area contributed by atoms with E-state index in [0.717, 1.165) is 5.56 Å². The molecule has 5 nitrogen and oxygen atoms in total. The van der Waals surface area contributed by atoms with Crippen molar-refractivity contribution in [3.63, 3.8) is 0 Å². The van der Waals surface area contributed by atoms with Crippen LogP contribution < -0.4 is 11.1 Å². The van der Waals surface area contributed by atoms with E-state index in [1.165, 1.54) is 0 Å². The minimum Gasteiger partial charge on any atom is -0.481 e. The Bertz CT molecular complexity index is 520. The lowest BCUT2D eigenvalue weighted by Gasteiger charge is -2.27. The molecular formula is C15H20N2O3. The van der Waals surface area contributed by atoms with E-state index in [2.05, 4.69) is 5.32 Å². The van der Waals surface area contributed by atoms with Gasteiger partial charge in [0.05, 0.1) is 5.92 Å². The smallest absolute Gasteiger partial charge is 0.306 e. The minimum absolute atomic E-state index is 0.0546. The molecule has 2 rings (SSSR count). The van der Waals surface area contributed by atoms with Crippen LogP contribution in [-0.4, -0.2) is 23.0 Å². The zero-order valence-electron chi connectivity index (χ0n) is 11.6. The maximum Gasteiger partial charge on any atom is 0.306 e. The molecule has 0 bridgehead atoms. The van der Waals surface area contributed by atoms with Crippen LogP contribution >= 0.6 is 0 Å². The molecule has 108 valence electrons. The lowest BCUT2D eigenvalue weighted by atomic mass is 9.86. The van der Waals surface area contributed by atoms with Gasteiger partial charge in [0, 0.05) is 17.3 Å². The van der Waals surface area contributed by atoms with E-state index in [1.807, 2.05) is 6.92 Å². The lowest BCUT2D eigenvalue weighted by Crippen LogP contribution is -2.39. The van der Waals surface area contributed by atoms with E-state index in [9.17, 15) is 9.59 Å². The molecule has 0 atom stereocenters. The third-order valence-electron chi connectivity index (χ3n) is 4.03. The number of nitrogen functional groups attached to an aromatic ring is 1. The standard InChI is InChI=1S/C15H20N2O3/c1-9-12(3-2-4-13(9)16)14(18)17-11-7-5-10(6-8-11)15(19)20/h2-4,10-11H,5-8,16H2,1H3,(H,17,18)(H,19,20). The molecule has 1 aliphatic rings. The molecule has 0 aromatic heterocycles. The highest BCUT2D eigenvalue weighted by molar-refractivity contribution is 5.97. The molecule has 1 amide bonds. The van der Waals surface area contributed by atoms with Crippen LogP contribution in [0.5, 0.6) is 0 Å². The number of carbonyl (C=O) groups is 2. The Labute approximate surface area is 118 Å². The summed E-state index contributed by atoms with van der Waals surface area (Å²) in [6.45, 7) is 1.82. The zero-order chi connectivity index (χ0) is 14.7. The summed E-state index contributed by atoms with van der Waals surface area (Å²) < 4.78 is 0. The molecule has 0 heterocycles. The zero-order valence-corrected chi connectivity index (χ0v) is 11.6. The van der Waals surface area contributed by atoms with Gasteiger partial charge in [-0.3, -0.25) is 9.59 Å². The third kappa shape index (κ3) is 3.10. The number of nitrogens with one attached hydrogen (secondary N) is 1. The van der Waals surface area contributed by atoms with Gasteiger partial charge in [-0.15, -0.1) is 0 Å². The second-order valence-corrected chi connectivity index (χ2v) is 5.38. The number of carboxylic acid groups (broad SMARTS) is 1. The van der Waals surface area contributed by atoms with Crippen molar-refractivity contribution in [2.24, 2.45) is 5.92 Å². The second-order valence-electron chi connectivity index (χ2n) is 5.38. The number of benzene rings is 1. The number of anilines is 1. The van der Waals surface area contributed by atoms with Crippen molar-refractivity contribution in [2.75, 3.05) is 5.73 Å². The SMILES string of the molecule is Cc1c(N)cccc1C(=O)NC1CCC(C(=O)O)CC1. The maximum absolute atomic E-state index is 12.2. The van der Waals surface area contributed by atoms with E-state index in [-0.39, 0.29) is 17.9 Å². The van der Waals surface area contributed by atoms with Gasteiger partial charge in [0.25, 0.3) is 5.91 Å². The summed E-state index contributed by atoms with van der Waals surface area (Å²) in [5.41, 5.74) is 7.77. The lowest BCUT2D eigenvalue weighted by molar-refractivity contribution is -0.142. The highest BCUT2D eigenvalue weighted by Crippen LogP contribution is 2.25. The number of hydrogen-bond acceptors (Lipinski definition) is 3. The van der Waals surface area contributed by atoms with Crippen LogP contribution in [0.4, 0.5) is 5.69 Å². The fraction of sp³-hybridized carbons (Fsp3) is 0.467. The Morgan fingerprint density at radius 2 is 1.90 bits per heavy atom. The normalized spacial score (nSPS) is 22.2. The highest BCUT2D eigenvalue weighted by atomic mass is 16.4. The van der Waals surface area contributed by atoms with Crippen molar-refractivity contribution in [1.82, 2.24) is 5.32 Å². The quantitative estimate of drug-likeness (QED) is 0.736. The third-order valence-corrected chi connectivity index (χ3v) is 4.03. The fourth-order valence-electron chi connectivity index (χ4n) is 2.65. The van der Waals surface area contributed by atoms with Gasteiger partial charge in [0.15, 0.2) is 0 Å². The Morgan fingerprint density at radius 1 is 1.25 bits per heavy atom. The molecule has 0 unspecified atom stereocenters. The van der Waals surface area contributed by atoms with Crippen LogP contribution in [-0.2, 0) is 4.79 Å². The number of nitrogens with two attached hydrogens (primary N) is 1. The summed E-state index contributed by atoms with van der Waals surface area (Å²) in [4.78, 5) is 23.1. The van der Waals surface area contributed by atoms with Crippen molar-refractivity contribution in [1.29, 1.82) is 0 Å². The molecule has 1 fully saturated rings. The maximum atomic E-state index is 12.2. The fourth-order valence-corrected chi connectivity index (χ4v) is 2.65. The Balaban J connectivity index is 1.96. The first-order chi connectivity index (χ1) is 9.49. The molecule has 1 aliphatic carbocycles. The monoisotopic (exact) mass is 276 g/mol. The molecule has 0 spiro atoms. The number of aliphatic carboxylic acids is 1. The first-order valence-corrected chi connectivity index (χ1v) is 6.87. The summed E-state index contributed by atoms with van der Waals surface area (Å²) in [6.07, 6.45) is 2.67. The van der Waals surface area contributed by atoms with E-state index in [1.54, 1.807) is 18.2 Å². The molecule has 5 heteroatoms. The summed E-state index contributed by atoms with van der Waals surface area (Å²) in [6, 6.07) is 5.34. The van der Waals surface area contributed by atoms with Crippen LogP contribution in [0.2, 0.25) is 0 Å².